The molecule has 4 rings (SSSR count). The molecule has 158 valence electrons. The molecule has 0 bridgehead atoms. The number of thiazole rings is 1. The molecule has 0 aliphatic heterocycles. The number of nitrogens with zero attached hydrogens (tertiary/aromatic N) is 1. The molecule has 0 saturated carbocycles. The quantitative estimate of drug-likeness (QED) is 0.384. The van der Waals surface area contributed by atoms with Crippen molar-refractivity contribution in [1.82, 2.24) is 4.98 Å². The van der Waals surface area contributed by atoms with Crippen molar-refractivity contribution < 1.29 is 18.3 Å². The first-order chi connectivity index (χ1) is 15.1. The average molecular weight is 437 g/mol. The second-order valence-electron chi connectivity index (χ2n) is 6.98. The SMILES string of the molecule is COc1ccc(Cc2cnc(NC(=O)CCc3ccc(-c4ccc(F)cc4)o3)s2)cc1. The van der Waals surface area contributed by atoms with E-state index < -0.39 is 0 Å². The molecule has 0 atom stereocenters. The zero-order valence-electron chi connectivity index (χ0n) is 16.9. The first-order valence-corrected chi connectivity index (χ1v) is 10.6. The number of hydrogen-bond acceptors (Lipinski definition) is 5. The first kappa shape index (κ1) is 20.8. The van der Waals surface area contributed by atoms with Crippen molar-refractivity contribution in [2.45, 2.75) is 19.3 Å². The normalized spacial score (nSPS) is 10.8. The summed E-state index contributed by atoms with van der Waals surface area (Å²) in [6, 6.07) is 17.7. The minimum atomic E-state index is -0.290. The molecule has 0 aliphatic rings. The molecular weight excluding hydrogens is 415 g/mol. The van der Waals surface area contributed by atoms with Gasteiger partial charge >= 0.3 is 0 Å². The van der Waals surface area contributed by atoms with Crippen LogP contribution in [0.15, 0.2) is 71.3 Å². The van der Waals surface area contributed by atoms with Crippen molar-refractivity contribution >= 4 is 22.4 Å². The molecule has 0 spiro atoms. The van der Waals surface area contributed by atoms with Crippen LogP contribution in [-0.2, 0) is 17.6 Å². The Bertz CT molecular complexity index is 1150. The highest BCUT2D eigenvalue weighted by molar-refractivity contribution is 7.15. The standard InChI is InChI=1S/C24H21FN2O3S/c1-29-19-8-2-16(3-9-19)14-21-15-26-24(31-21)27-23(28)13-11-20-10-12-22(30-20)17-4-6-18(25)7-5-17/h2-10,12,15H,11,13-14H2,1H3,(H,26,27,28). The fourth-order valence-electron chi connectivity index (χ4n) is 3.09. The van der Waals surface area contributed by atoms with Crippen LogP contribution in [0.1, 0.15) is 22.6 Å². The van der Waals surface area contributed by atoms with E-state index in [2.05, 4.69) is 10.3 Å². The van der Waals surface area contributed by atoms with Crippen LogP contribution in [0.25, 0.3) is 11.3 Å². The lowest BCUT2D eigenvalue weighted by molar-refractivity contribution is -0.116. The summed E-state index contributed by atoms with van der Waals surface area (Å²) in [6.07, 6.45) is 3.28. The number of carbonyl (C=O) groups excluding carboxylic acids is 1. The van der Waals surface area contributed by atoms with Crippen LogP contribution < -0.4 is 10.1 Å². The van der Waals surface area contributed by atoms with Crippen LogP contribution in [-0.4, -0.2) is 18.0 Å². The first-order valence-electron chi connectivity index (χ1n) is 9.81. The van der Waals surface area contributed by atoms with E-state index in [0.717, 1.165) is 28.2 Å². The number of furan rings is 1. The predicted octanol–water partition coefficient (Wildman–Crippen LogP) is 5.71. The van der Waals surface area contributed by atoms with Crippen LogP contribution in [0.5, 0.6) is 5.75 Å². The Hall–Kier alpha value is -3.45. The fourth-order valence-corrected chi connectivity index (χ4v) is 3.95. The minimum Gasteiger partial charge on any atom is -0.497 e. The molecule has 31 heavy (non-hydrogen) atoms. The summed E-state index contributed by atoms with van der Waals surface area (Å²) in [5.74, 6) is 1.77. The molecule has 1 N–H and O–H groups in total. The molecular formula is C24H21FN2O3S. The summed E-state index contributed by atoms with van der Waals surface area (Å²) in [5.41, 5.74) is 1.95. The van der Waals surface area contributed by atoms with Crippen molar-refractivity contribution in [2.75, 3.05) is 12.4 Å². The monoisotopic (exact) mass is 436 g/mol. The van der Waals surface area contributed by atoms with Gasteiger partial charge in [-0.2, -0.15) is 0 Å². The maximum atomic E-state index is 13.1. The van der Waals surface area contributed by atoms with Crippen molar-refractivity contribution in [3.05, 3.63) is 88.9 Å². The molecule has 4 aromatic rings. The van der Waals surface area contributed by atoms with Gasteiger partial charge in [-0.15, -0.1) is 11.3 Å². The van der Waals surface area contributed by atoms with Gasteiger partial charge in [0.25, 0.3) is 0 Å². The largest absolute Gasteiger partial charge is 0.497 e. The second-order valence-corrected chi connectivity index (χ2v) is 8.09. The molecule has 0 saturated heterocycles. The molecule has 0 aliphatic carbocycles. The van der Waals surface area contributed by atoms with Gasteiger partial charge in [0.05, 0.1) is 7.11 Å². The van der Waals surface area contributed by atoms with Gasteiger partial charge in [0, 0.05) is 35.9 Å². The van der Waals surface area contributed by atoms with Crippen LogP contribution >= 0.6 is 11.3 Å². The van der Waals surface area contributed by atoms with E-state index in [1.807, 2.05) is 36.4 Å². The number of benzene rings is 2. The molecule has 0 unspecified atom stereocenters. The van der Waals surface area contributed by atoms with Crippen LogP contribution in [0.4, 0.5) is 9.52 Å². The zero-order valence-corrected chi connectivity index (χ0v) is 17.7. The fraction of sp³-hybridized carbons (Fsp3) is 0.167. The van der Waals surface area contributed by atoms with Gasteiger partial charge in [0.1, 0.15) is 23.1 Å². The van der Waals surface area contributed by atoms with E-state index in [9.17, 15) is 9.18 Å². The van der Waals surface area contributed by atoms with E-state index >= 15 is 0 Å². The number of aryl methyl sites for hydroxylation is 1. The Balaban J connectivity index is 1.28. The maximum Gasteiger partial charge on any atom is 0.226 e. The molecule has 2 heterocycles. The third-order valence-electron chi connectivity index (χ3n) is 4.73. The van der Waals surface area contributed by atoms with Gasteiger partial charge in [-0.25, -0.2) is 9.37 Å². The molecule has 2 aromatic heterocycles. The number of methoxy groups -OCH3 is 1. The number of carbonyl (C=O) groups is 1. The maximum absolute atomic E-state index is 13.1. The average Bonchev–Trinajstić information content (AvgIpc) is 3.43. The summed E-state index contributed by atoms with van der Waals surface area (Å²) < 4.78 is 24.0. The van der Waals surface area contributed by atoms with Gasteiger partial charge in [-0.3, -0.25) is 4.79 Å². The van der Waals surface area contributed by atoms with Gasteiger partial charge < -0.3 is 14.5 Å². The van der Waals surface area contributed by atoms with Crippen molar-refractivity contribution in [2.24, 2.45) is 0 Å². The highest BCUT2D eigenvalue weighted by Crippen LogP contribution is 2.24. The summed E-state index contributed by atoms with van der Waals surface area (Å²) in [5, 5.41) is 3.43. The smallest absolute Gasteiger partial charge is 0.226 e. The number of hydrogen-bond donors (Lipinski definition) is 1. The highest BCUT2D eigenvalue weighted by atomic mass is 32.1. The molecule has 1 amide bonds. The number of anilines is 1. The summed E-state index contributed by atoms with van der Waals surface area (Å²) in [4.78, 5) is 17.7. The summed E-state index contributed by atoms with van der Waals surface area (Å²) >= 11 is 1.46. The Morgan fingerprint density at radius 3 is 2.61 bits per heavy atom. The number of halogens is 1. The molecule has 0 fully saturated rings. The minimum absolute atomic E-state index is 0.120. The van der Waals surface area contributed by atoms with Gasteiger partial charge in [-0.1, -0.05) is 12.1 Å². The van der Waals surface area contributed by atoms with E-state index in [4.69, 9.17) is 9.15 Å². The third-order valence-corrected chi connectivity index (χ3v) is 5.64. The number of aromatic nitrogens is 1. The number of rotatable bonds is 8. The van der Waals surface area contributed by atoms with Crippen molar-refractivity contribution in [3.63, 3.8) is 0 Å². The number of ether oxygens (including phenoxy) is 1. The molecule has 0 radical (unpaired) electrons. The number of amides is 1. The van der Waals surface area contributed by atoms with Crippen LogP contribution in [0.3, 0.4) is 0 Å². The van der Waals surface area contributed by atoms with Crippen LogP contribution in [0, 0.1) is 5.82 Å². The lowest BCUT2D eigenvalue weighted by Gasteiger charge is -2.02. The predicted molar refractivity (Wildman–Crippen MR) is 119 cm³/mol. The van der Waals surface area contributed by atoms with E-state index in [1.54, 1.807) is 25.4 Å². The summed E-state index contributed by atoms with van der Waals surface area (Å²) in [7, 11) is 1.64. The van der Waals surface area contributed by atoms with Crippen LogP contribution in [0.2, 0.25) is 0 Å². The lowest BCUT2D eigenvalue weighted by atomic mass is 10.1. The third kappa shape index (κ3) is 5.58. The van der Waals surface area contributed by atoms with E-state index in [1.165, 1.54) is 23.5 Å². The molecule has 5 nitrogen and oxygen atoms in total. The molecule has 2 aromatic carbocycles. The highest BCUT2D eigenvalue weighted by Gasteiger charge is 2.10. The Morgan fingerprint density at radius 2 is 1.87 bits per heavy atom. The second kappa shape index (κ2) is 9.57. The van der Waals surface area contributed by atoms with E-state index in [-0.39, 0.29) is 18.1 Å². The Labute approximate surface area is 183 Å². The lowest BCUT2D eigenvalue weighted by Crippen LogP contribution is -2.11. The van der Waals surface area contributed by atoms with E-state index in [0.29, 0.717) is 23.1 Å². The topological polar surface area (TPSA) is 64.4 Å². The summed E-state index contributed by atoms with van der Waals surface area (Å²) in [6.45, 7) is 0. The zero-order chi connectivity index (χ0) is 21.6. The van der Waals surface area contributed by atoms with Gasteiger partial charge in [-0.05, 0) is 54.1 Å². The Morgan fingerprint density at radius 1 is 1.10 bits per heavy atom. The van der Waals surface area contributed by atoms with Crippen molar-refractivity contribution in [3.8, 4) is 17.1 Å². The number of nitrogens with one attached hydrogen (secondary N) is 1. The molecule has 7 heteroatoms. The van der Waals surface area contributed by atoms with Gasteiger partial charge in [0.2, 0.25) is 5.91 Å². The van der Waals surface area contributed by atoms with Gasteiger partial charge in [0.15, 0.2) is 5.13 Å². The van der Waals surface area contributed by atoms with Crippen molar-refractivity contribution in [1.29, 1.82) is 0 Å². The Kier molecular flexibility index (Phi) is 6.43.